The summed E-state index contributed by atoms with van der Waals surface area (Å²) in [6.45, 7) is 16.8. The number of thioether (sulfide) groups is 1. The first-order valence-corrected chi connectivity index (χ1v) is 18.3. The van der Waals surface area contributed by atoms with Crippen LogP contribution in [0, 0.1) is 11.3 Å². The van der Waals surface area contributed by atoms with Crippen LogP contribution in [0.5, 0.6) is 0 Å². The molecule has 1 fully saturated rings. The van der Waals surface area contributed by atoms with Gasteiger partial charge in [-0.1, -0.05) is 102 Å². The maximum Gasteiger partial charge on any atom is 0.254 e. The highest BCUT2D eigenvalue weighted by Gasteiger charge is 2.50. The van der Waals surface area contributed by atoms with E-state index in [9.17, 15) is 29.1 Å². The van der Waals surface area contributed by atoms with E-state index in [1.165, 1.54) is 16.7 Å². The van der Waals surface area contributed by atoms with Crippen molar-refractivity contribution in [2.75, 3.05) is 5.88 Å². The van der Waals surface area contributed by atoms with Crippen LogP contribution in [0.15, 0.2) is 60.7 Å². The number of carbonyl (C=O) groups is 5. The van der Waals surface area contributed by atoms with Gasteiger partial charge in [0.05, 0.1) is 11.9 Å². The van der Waals surface area contributed by atoms with Crippen molar-refractivity contribution in [2.45, 2.75) is 116 Å². The summed E-state index contributed by atoms with van der Waals surface area (Å²) in [5.74, 6) is -2.13. The summed E-state index contributed by atoms with van der Waals surface area (Å²) in [6, 6.07) is 13.7. The fourth-order valence-electron chi connectivity index (χ4n) is 5.71. The number of aliphatic hydroxyl groups is 1. The Morgan fingerprint density at radius 2 is 1.46 bits per heavy atom. The van der Waals surface area contributed by atoms with Gasteiger partial charge in [0.2, 0.25) is 23.6 Å². The first-order chi connectivity index (χ1) is 23.4. The lowest BCUT2D eigenvalue weighted by Crippen LogP contribution is -2.62. The molecule has 1 aliphatic rings. The monoisotopic (exact) mass is 709 g/mol. The molecule has 0 bridgehead atoms. The van der Waals surface area contributed by atoms with Gasteiger partial charge >= 0.3 is 0 Å². The molecule has 1 unspecified atom stereocenters. The Balaban J connectivity index is 1.92. The highest BCUT2D eigenvalue weighted by Crippen LogP contribution is 2.40. The molecule has 2 aromatic rings. The highest BCUT2D eigenvalue weighted by molar-refractivity contribution is 8.00. The van der Waals surface area contributed by atoms with Crippen molar-refractivity contribution in [3.63, 3.8) is 0 Å². The average Bonchev–Trinajstić information content (AvgIpc) is 3.39. The molecule has 5 N–H and O–H groups in total. The zero-order chi connectivity index (χ0) is 37.4. The molecule has 1 heterocycles. The summed E-state index contributed by atoms with van der Waals surface area (Å²) >= 11 is 1.44. The van der Waals surface area contributed by atoms with Crippen molar-refractivity contribution >= 4 is 41.3 Å². The van der Waals surface area contributed by atoms with Gasteiger partial charge in [-0.3, -0.25) is 24.0 Å². The number of aliphatic hydroxyl groups excluding tert-OH is 1. The Morgan fingerprint density at radius 3 is 2.00 bits per heavy atom. The Kier molecular flexibility index (Phi) is 14.1. The molecule has 1 saturated heterocycles. The summed E-state index contributed by atoms with van der Waals surface area (Å²) in [6.07, 6.45) is -1.43. The van der Waals surface area contributed by atoms with Gasteiger partial charge in [0.1, 0.15) is 18.1 Å². The van der Waals surface area contributed by atoms with Crippen molar-refractivity contribution in [3.8, 4) is 0 Å². The van der Waals surface area contributed by atoms with E-state index in [0.29, 0.717) is 5.56 Å². The number of hydrogen-bond acceptors (Lipinski definition) is 7. The van der Waals surface area contributed by atoms with Gasteiger partial charge in [0.15, 0.2) is 6.10 Å². The number of hydrogen-bond donors (Lipinski definition) is 5. The normalized spacial score (nSPS) is 18.7. The van der Waals surface area contributed by atoms with E-state index < -0.39 is 58.2 Å². The lowest BCUT2D eigenvalue weighted by Gasteiger charge is -2.36. The fourth-order valence-corrected chi connectivity index (χ4v) is 6.85. The third kappa shape index (κ3) is 10.6. The number of rotatable bonds is 14. The van der Waals surface area contributed by atoms with Crippen molar-refractivity contribution in [1.82, 2.24) is 26.2 Å². The van der Waals surface area contributed by atoms with Crippen LogP contribution in [0.25, 0.3) is 0 Å². The second-order valence-electron chi connectivity index (χ2n) is 15.0. The largest absolute Gasteiger partial charge is 0.381 e. The predicted molar refractivity (Wildman–Crippen MR) is 197 cm³/mol. The molecule has 2 aromatic carbocycles. The van der Waals surface area contributed by atoms with E-state index in [-0.39, 0.29) is 42.5 Å². The minimum Gasteiger partial charge on any atom is -0.381 e. The van der Waals surface area contributed by atoms with E-state index >= 15 is 0 Å². The van der Waals surface area contributed by atoms with Crippen molar-refractivity contribution in [2.24, 2.45) is 11.3 Å². The Bertz CT molecular complexity index is 1480. The molecule has 0 aromatic heterocycles. The molecule has 0 aliphatic carbocycles. The van der Waals surface area contributed by atoms with Crippen LogP contribution in [0.1, 0.15) is 85.9 Å². The van der Waals surface area contributed by atoms with Gasteiger partial charge in [0, 0.05) is 17.2 Å². The first-order valence-electron chi connectivity index (χ1n) is 17.3. The molecular formula is C38H55N5O6S. The lowest BCUT2D eigenvalue weighted by atomic mass is 9.85. The summed E-state index contributed by atoms with van der Waals surface area (Å²) < 4.78 is -0.627. The number of nitrogens with zero attached hydrogens (tertiary/aromatic N) is 1. The number of nitrogens with one attached hydrogen (secondary N) is 4. The van der Waals surface area contributed by atoms with Crippen molar-refractivity contribution in [3.05, 3.63) is 71.8 Å². The zero-order valence-corrected chi connectivity index (χ0v) is 31.6. The summed E-state index contributed by atoms with van der Waals surface area (Å²) in [5, 5.41) is 23.2. The Hall–Kier alpha value is -3.90. The van der Waals surface area contributed by atoms with Crippen molar-refractivity contribution < 1.29 is 29.1 Å². The number of amides is 5. The lowest BCUT2D eigenvalue weighted by molar-refractivity contribution is -0.148. The minimum atomic E-state index is -1.70. The zero-order valence-electron chi connectivity index (χ0n) is 30.8. The van der Waals surface area contributed by atoms with E-state index in [1.807, 2.05) is 65.0 Å². The molecule has 6 atom stereocenters. The van der Waals surface area contributed by atoms with Crippen LogP contribution < -0.4 is 21.3 Å². The summed E-state index contributed by atoms with van der Waals surface area (Å²) in [4.78, 5) is 69.4. The summed E-state index contributed by atoms with van der Waals surface area (Å²) in [7, 11) is 0. The Morgan fingerprint density at radius 1 is 0.880 bits per heavy atom. The SMILES string of the molecule is CCC(=O)N[C@H](C(=O)N[C@H](C(=O)N[C@@H](Cc1ccccc1)[C@H](O)C(=O)N1CSC(C)(C)[C@H]1C(=O)NC(C)C(C)C)C(C)(C)C)c1ccccc1. The molecule has 12 heteroatoms. The third-order valence-corrected chi connectivity index (χ3v) is 10.5. The highest BCUT2D eigenvalue weighted by atomic mass is 32.2. The van der Waals surface area contributed by atoms with Crippen LogP contribution in [-0.4, -0.2) is 80.4 Å². The van der Waals surface area contributed by atoms with E-state index in [0.717, 1.165) is 5.56 Å². The molecule has 11 nitrogen and oxygen atoms in total. The van der Waals surface area contributed by atoms with Gasteiger partial charge < -0.3 is 31.3 Å². The molecule has 0 saturated carbocycles. The van der Waals surface area contributed by atoms with Crippen LogP contribution in [-0.2, 0) is 30.4 Å². The molecule has 50 heavy (non-hydrogen) atoms. The summed E-state index contributed by atoms with van der Waals surface area (Å²) in [5.41, 5.74) is 0.507. The molecule has 0 radical (unpaired) electrons. The van der Waals surface area contributed by atoms with Crippen LogP contribution >= 0.6 is 11.8 Å². The van der Waals surface area contributed by atoms with Crippen LogP contribution in [0.4, 0.5) is 0 Å². The van der Waals surface area contributed by atoms with E-state index in [2.05, 4.69) is 21.3 Å². The smallest absolute Gasteiger partial charge is 0.254 e. The van der Waals surface area contributed by atoms with Gasteiger partial charge in [-0.15, -0.1) is 11.8 Å². The predicted octanol–water partition coefficient (Wildman–Crippen LogP) is 3.71. The minimum absolute atomic E-state index is 0.106. The molecule has 5 amide bonds. The van der Waals surface area contributed by atoms with Crippen molar-refractivity contribution in [1.29, 1.82) is 0 Å². The third-order valence-electron chi connectivity index (χ3n) is 9.14. The Labute approximate surface area is 301 Å². The fraction of sp³-hybridized carbons (Fsp3) is 0.553. The molecular weight excluding hydrogens is 655 g/mol. The van der Waals surface area contributed by atoms with Gasteiger partial charge in [-0.05, 0) is 49.7 Å². The molecule has 1 aliphatic heterocycles. The second-order valence-corrected chi connectivity index (χ2v) is 16.5. The molecule has 0 spiro atoms. The maximum absolute atomic E-state index is 14.2. The second kappa shape index (κ2) is 17.4. The number of benzene rings is 2. The first kappa shape index (κ1) is 40.5. The molecule has 274 valence electrons. The topological polar surface area (TPSA) is 157 Å². The van der Waals surface area contributed by atoms with Gasteiger partial charge in [0.25, 0.3) is 5.91 Å². The molecule has 3 rings (SSSR count). The maximum atomic E-state index is 14.2. The van der Waals surface area contributed by atoms with Crippen LogP contribution in [0.2, 0.25) is 0 Å². The van der Waals surface area contributed by atoms with Gasteiger partial charge in [-0.2, -0.15) is 0 Å². The van der Waals surface area contributed by atoms with Gasteiger partial charge in [-0.25, -0.2) is 0 Å². The number of carbonyl (C=O) groups excluding carboxylic acids is 5. The van der Waals surface area contributed by atoms with E-state index in [4.69, 9.17) is 0 Å². The average molecular weight is 710 g/mol. The van der Waals surface area contributed by atoms with E-state index in [1.54, 1.807) is 58.0 Å². The standard InChI is InChI=1S/C38H55N5O6S/c1-10-28(44)41-29(26-19-15-12-16-20-26)33(46)42-31(37(5,6)7)34(47)40-27(21-25-17-13-11-14-18-25)30(45)36(49)43-22-50-38(8,9)32(43)35(48)39-24(4)23(2)3/h11-20,23-24,27,29-32,45H,10,21-22H2,1-9H3,(H,39,48)(H,40,47)(H,41,44)(H,42,46)/t24?,27-,29-,30-,31+,32+/m0/s1. The quantitative estimate of drug-likeness (QED) is 0.200. The van der Waals surface area contributed by atoms with Crippen LogP contribution in [0.3, 0.4) is 0 Å².